The van der Waals surface area contributed by atoms with E-state index >= 15 is 0 Å². The van der Waals surface area contributed by atoms with Crippen molar-refractivity contribution in [1.29, 1.82) is 0 Å². The topological polar surface area (TPSA) is 74.6 Å². The van der Waals surface area contributed by atoms with Crippen molar-refractivity contribution in [3.8, 4) is 0 Å². The maximum atomic E-state index is 8.74. The summed E-state index contributed by atoms with van der Waals surface area (Å²) in [7, 11) is -4.67. The molecule has 0 fully saturated rings. The van der Waals surface area contributed by atoms with Crippen molar-refractivity contribution < 1.29 is 39.2 Å². The third kappa shape index (κ3) is 135. The molecule has 0 bridgehead atoms. The zero-order valence-electron chi connectivity index (χ0n) is 3.33. The van der Waals surface area contributed by atoms with Gasteiger partial charge in [-0.2, -0.15) is 18.3 Å². The van der Waals surface area contributed by atoms with Gasteiger partial charge in [-0.05, 0) is 0 Å². The first-order chi connectivity index (χ1) is 2.00. The van der Waals surface area contributed by atoms with Crippen LogP contribution in [0.1, 0.15) is 0 Å². The fourth-order valence-electron chi connectivity index (χ4n) is 0. The van der Waals surface area contributed by atoms with Crippen LogP contribution in [0.25, 0.3) is 0 Å². The molecule has 0 heterocycles. The fourth-order valence-corrected chi connectivity index (χ4v) is 0. The van der Waals surface area contributed by atoms with Gasteiger partial charge >= 0.3 is 10.4 Å². The molecule has 0 spiro atoms. The zero-order chi connectivity index (χ0) is 4.50. The fraction of sp³-hybridized carbons (Fsp3) is 0. The minimum absolute atomic E-state index is 0. The molecule has 2 N–H and O–H groups in total. The van der Waals surface area contributed by atoms with E-state index in [9.17, 15) is 0 Å². The van der Waals surface area contributed by atoms with Gasteiger partial charge in [-0.1, -0.05) is 0 Å². The van der Waals surface area contributed by atoms with E-state index < -0.39 is 10.4 Å². The van der Waals surface area contributed by atoms with Crippen molar-refractivity contribution in [2.24, 2.45) is 0 Å². The van der Waals surface area contributed by atoms with Crippen LogP contribution in [0.4, 0.5) is 0 Å². The molecule has 0 rings (SSSR count). The Bertz CT molecular complexity index is 99.2. The average Bonchev–Trinajstić information content (AvgIpc) is 0.722. The van der Waals surface area contributed by atoms with E-state index in [-0.39, 0.29) is 49.0 Å². The van der Waals surface area contributed by atoms with Gasteiger partial charge in [-0.3, -0.25) is 9.11 Å². The second-order valence-corrected chi connectivity index (χ2v) is 1.34. The molecule has 0 aliphatic heterocycles. The van der Waals surface area contributed by atoms with Gasteiger partial charge in [0.25, 0.3) is 0 Å². The Morgan fingerprint density at radius 3 is 1.12 bits per heavy atom. The van der Waals surface area contributed by atoms with E-state index in [0.29, 0.717) is 0 Å². The van der Waals surface area contributed by atoms with Crippen LogP contribution in [0.3, 0.4) is 0 Å². The molecule has 50 valence electrons. The maximum Gasteiger partial charge on any atom is 0.394 e. The molecule has 0 saturated carbocycles. The van der Waals surface area contributed by atoms with E-state index in [4.69, 9.17) is 17.5 Å². The molecule has 0 aromatic rings. The third-order valence-electron chi connectivity index (χ3n) is 0. The van der Waals surface area contributed by atoms with Gasteiger partial charge in [0.2, 0.25) is 0 Å². The Balaban J connectivity index is -0.0000000267. The molecular weight excluding hydrogens is 202 g/mol. The van der Waals surface area contributed by atoms with Gasteiger partial charge in [0.1, 0.15) is 0 Å². The Kier molecular flexibility index (Phi) is 24.2. The first-order valence-electron chi connectivity index (χ1n) is 0.698. The molecule has 8 heavy (non-hydrogen) atoms. The molecule has 4 nitrogen and oxygen atoms in total. The first-order valence-corrected chi connectivity index (χ1v) is 2.10. The standard InChI is InChI=1S/Al.H2O4S.H3P.Ti.3H/c;1-5(2,3)4;;;;;/h;(H2,1,2,3,4);1H3;;;;. The van der Waals surface area contributed by atoms with Gasteiger partial charge in [-0.15, -0.1) is 0 Å². The van der Waals surface area contributed by atoms with Crippen LogP contribution < -0.4 is 0 Å². The van der Waals surface area contributed by atoms with E-state index in [1.807, 2.05) is 0 Å². The summed E-state index contributed by atoms with van der Waals surface area (Å²) >= 11 is 0. The molecule has 1 unspecified atom stereocenters. The summed E-state index contributed by atoms with van der Waals surface area (Å²) in [5, 5.41) is 0. The first kappa shape index (κ1) is 22.7. The Morgan fingerprint density at radius 1 is 1.12 bits per heavy atom. The molecule has 1 atom stereocenters. The molecule has 0 amide bonds. The van der Waals surface area contributed by atoms with Gasteiger partial charge in [0, 0.05) is 21.7 Å². The smallest absolute Gasteiger partial charge is 0.264 e. The molecule has 0 aliphatic carbocycles. The number of rotatable bonds is 0. The Hall–Kier alpha value is 1.55. The van der Waals surface area contributed by atoms with Crippen molar-refractivity contribution >= 4 is 37.7 Å². The zero-order valence-corrected chi connectivity index (χ0v) is 7.12. The van der Waals surface area contributed by atoms with Crippen LogP contribution in [0.2, 0.25) is 0 Å². The molecule has 0 radical (unpaired) electrons. The van der Waals surface area contributed by atoms with Crippen LogP contribution in [0.15, 0.2) is 0 Å². The predicted molar refractivity (Wildman–Crippen MR) is 35.2 cm³/mol. The Morgan fingerprint density at radius 2 is 1.12 bits per heavy atom. The average molecular weight is 210 g/mol. The van der Waals surface area contributed by atoms with E-state index in [0.717, 1.165) is 0 Å². The quantitative estimate of drug-likeness (QED) is 0.281. The van der Waals surface area contributed by atoms with Crippen molar-refractivity contribution in [3.63, 3.8) is 0 Å². The van der Waals surface area contributed by atoms with Crippen molar-refractivity contribution in [2.45, 2.75) is 0 Å². The van der Waals surface area contributed by atoms with Crippen LogP contribution in [0, 0.1) is 0 Å². The largest absolute Gasteiger partial charge is 0.394 e. The second kappa shape index (κ2) is 8.55. The van der Waals surface area contributed by atoms with Crippen LogP contribution in [-0.2, 0) is 32.1 Å². The summed E-state index contributed by atoms with van der Waals surface area (Å²) in [5.41, 5.74) is 0. The van der Waals surface area contributed by atoms with Crippen LogP contribution in [-0.4, -0.2) is 34.9 Å². The summed E-state index contributed by atoms with van der Waals surface area (Å²) in [6.45, 7) is 0. The van der Waals surface area contributed by atoms with E-state index in [1.165, 1.54) is 0 Å². The Labute approximate surface area is 76.6 Å². The van der Waals surface area contributed by atoms with E-state index in [2.05, 4.69) is 0 Å². The summed E-state index contributed by atoms with van der Waals surface area (Å²) in [5.74, 6) is 0. The van der Waals surface area contributed by atoms with Crippen molar-refractivity contribution in [1.82, 2.24) is 0 Å². The van der Waals surface area contributed by atoms with Gasteiger partial charge in [0.15, 0.2) is 17.4 Å². The summed E-state index contributed by atoms with van der Waals surface area (Å²) < 4.78 is 31.6. The minimum Gasteiger partial charge on any atom is -0.264 e. The summed E-state index contributed by atoms with van der Waals surface area (Å²) in [6.07, 6.45) is 0. The summed E-state index contributed by atoms with van der Waals surface area (Å²) in [6, 6.07) is 0. The molecule has 0 aromatic carbocycles. The molecule has 0 aliphatic rings. The van der Waals surface area contributed by atoms with Gasteiger partial charge in [-0.25, -0.2) is 0 Å². The van der Waals surface area contributed by atoms with Crippen LogP contribution >= 0.6 is 9.90 Å². The second-order valence-electron chi connectivity index (χ2n) is 0.448. The molecular formula is H8AlO4PSTi. The number of hydrogen-bond donors (Lipinski definition) is 2. The molecule has 0 aromatic heterocycles. The predicted octanol–water partition coefficient (Wildman–Crippen LogP) is -1.78. The molecule has 8 heteroatoms. The van der Waals surface area contributed by atoms with Gasteiger partial charge < -0.3 is 0 Å². The van der Waals surface area contributed by atoms with Gasteiger partial charge in [0.05, 0.1) is 0 Å². The van der Waals surface area contributed by atoms with Crippen molar-refractivity contribution in [2.75, 3.05) is 0 Å². The SMILES string of the molecule is O=S(=O)(O)O.P.[AlH3].[Ti]. The minimum atomic E-state index is -4.67. The normalized spacial score (nSPS) is 7.25. The van der Waals surface area contributed by atoms with Crippen LogP contribution in [0.5, 0.6) is 0 Å². The maximum absolute atomic E-state index is 8.74. The monoisotopic (exact) mass is 210 g/mol. The number of hydrogen-bond acceptors (Lipinski definition) is 2. The third-order valence-corrected chi connectivity index (χ3v) is 0. The van der Waals surface area contributed by atoms with E-state index in [1.54, 1.807) is 0 Å². The summed E-state index contributed by atoms with van der Waals surface area (Å²) in [4.78, 5) is 0. The van der Waals surface area contributed by atoms with Crippen molar-refractivity contribution in [3.05, 3.63) is 0 Å². The molecule has 0 saturated heterocycles.